The maximum Gasteiger partial charge on any atom is 0.235 e. The van der Waals surface area contributed by atoms with Crippen LogP contribution in [0.5, 0.6) is 0 Å². The first kappa shape index (κ1) is 9.30. The van der Waals surface area contributed by atoms with Crippen molar-refractivity contribution in [1.29, 1.82) is 0 Å². The summed E-state index contributed by atoms with van der Waals surface area (Å²) in [6, 6.07) is 3.39. The zero-order chi connectivity index (χ0) is 9.97. The van der Waals surface area contributed by atoms with E-state index in [0.717, 1.165) is 9.75 Å². The molecule has 0 fully saturated rings. The Morgan fingerprint density at radius 2 is 1.29 bits per heavy atom. The zero-order valence-corrected chi connectivity index (χ0v) is 8.58. The molecule has 0 spiro atoms. The third-order valence-electron chi connectivity index (χ3n) is 1.76. The van der Waals surface area contributed by atoms with Crippen molar-refractivity contribution in [2.75, 3.05) is 0 Å². The van der Waals surface area contributed by atoms with E-state index in [2.05, 4.69) is 0 Å². The average Bonchev–Trinajstić information content (AvgIpc) is 2.85. The standard InChI is InChI=1S/C10H4O2S2/c11-5-7-1-3-13-9(7)10-8(6-12)2-4-14-10/h1-4H. The maximum atomic E-state index is 10.6. The summed E-state index contributed by atoms with van der Waals surface area (Å²) >= 11 is 2.86. The minimum atomic E-state index is 0.508. The van der Waals surface area contributed by atoms with Gasteiger partial charge in [0.1, 0.15) is 0 Å². The third-order valence-corrected chi connectivity index (χ3v) is 3.75. The molecule has 2 aromatic heterocycles. The van der Waals surface area contributed by atoms with Gasteiger partial charge in [-0.2, -0.15) is 0 Å². The fourth-order valence-electron chi connectivity index (χ4n) is 1.13. The van der Waals surface area contributed by atoms with Crippen molar-refractivity contribution in [2.24, 2.45) is 0 Å². The molecule has 2 rings (SSSR count). The average molecular weight is 220 g/mol. The highest BCUT2D eigenvalue weighted by Gasteiger charge is 2.12. The van der Waals surface area contributed by atoms with Gasteiger partial charge in [0.05, 0.1) is 9.75 Å². The molecule has 2 aromatic rings. The lowest BCUT2D eigenvalue weighted by molar-refractivity contribution is 0.562. The Morgan fingerprint density at radius 1 is 0.857 bits per heavy atom. The second-order valence-electron chi connectivity index (χ2n) is 2.53. The zero-order valence-electron chi connectivity index (χ0n) is 6.94. The van der Waals surface area contributed by atoms with Gasteiger partial charge in [-0.05, 0) is 22.9 Å². The molecule has 0 saturated heterocycles. The molecular weight excluding hydrogens is 216 g/mol. The molecule has 14 heavy (non-hydrogen) atoms. The van der Waals surface area contributed by atoms with Gasteiger partial charge in [0.25, 0.3) is 0 Å². The highest BCUT2D eigenvalue weighted by Crippen LogP contribution is 2.34. The molecule has 2 heterocycles. The van der Waals surface area contributed by atoms with Crippen LogP contribution in [0, 0.1) is 0 Å². The van der Waals surface area contributed by atoms with Crippen molar-refractivity contribution in [1.82, 2.24) is 0 Å². The molecule has 0 amide bonds. The monoisotopic (exact) mass is 220 g/mol. The van der Waals surface area contributed by atoms with Gasteiger partial charge in [-0.15, -0.1) is 22.7 Å². The summed E-state index contributed by atoms with van der Waals surface area (Å²) in [7, 11) is 0. The molecule has 4 heteroatoms. The first-order chi connectivity index (χ1) is 6.86. The van der Waals surface area contributed by atoms with Crippen LogP contribution in [-0.4, -0.2) is 12.6 Å². The summed E-state index contributed by atoms with van der Waals surface area (Å²) in [5.41, 5.74) is 1.02. The molecule has 2 nitrogen and oxygen atoms in total. The van der Waals surface area contributed by atoms with Crippen molar-refractivity contribution in [2.45, 2.75) is 0 Å². The van der Waals surface area contributed by atoms with E-state index < -0.39 is 0 Å². The van der Waals surface area contributed by atoms with Crippen LogP contribution < -0.4 is 0 Å². The van der Waals surface area contributed by atoms with Gasteiger partial charge in [0.2, 0.25) is 12.6 Å². The molecular formula is C10H4O2S2. The lowest BCUT2D eigenvalue weighted by atomic mass is 10.2. The van der Waals surface area contributed by atoms with Crippen LogP contribution in [0.1, 0.15) is 11.1 Å². The smallest absolute Gasteiger partial charge is 0.235 e. The molecule has 68 valence electrons. The highest BCUT2D eigenvalue weighted by molar-refractivity contribution is 7.21. The number of hydrogen-bond acceptors (Lipinski definition) is 4. The van der Waals surface area contributed by atoms with Gasteiger partial charge in [0, 0.05) is 11.1 Å². The Balaban J connectivity index is 2.59. The Bertz CT molecular complexity index is 424. The van der Waals surface area contributed by atoms with E-state index >= 15 is 0 Å². The molecule has 0 unspecified atom stereocenters. The number of hydrogen-bond donors (Lipinski definition) is 0. The summed E-state index contributed by atoms with van der Waals surface area (Å²) in [6.07, 6.45) is 3.70. The lowest BCUT2D eigenvalue weighted by Crippen LogP contribution is -1.82. The molecule has 0 bridgehead atoms. The van der Waals surface area contributed by atoms with Crippen molar-refractivity contribution in [3.8, 4) is 9.75 Å². The van der Waals surface area contributed by atoms with Crippen molar-refractivity contribution in [3.05, 3.63) is 34.0 Å². The van der Waals surface area contributed by atoms with Crippen LogP contribution >= 0.6 is 22.7 Å². The van der Waals surface area contributed by atoms with Crippen molar-refractivity contribution < 1.29 is 9.59 Å². The van der Waals surface area contributed by atoms with Crippen LogP contribution in [0.15, 0.2) is 22.9 Å². The van der Waals surface area contributed by atoms with Crippen LogP contribution in [-0.2, 0) is 9.59 Å². The fraction of sp³-hybridized carbons (Fsp3) is 0. The predicted molar refractivity (Wildman–Crippen MR) is 57.2 cm³/mol. The molecule has 0 aliphatic heterocycles. The predicted octanol–water partition coefficient (Wildman–Crippen LogP) is 2.39. The first-order valence-corrected chi connectivity index (χ1v) is 5.54. The minimum absolute atomic E-state index is 0.508. The third kappa shape index (κ3) is 1.42. The molecule has 0 aliphatic rings. The second-order valence-corrected chi connectivity index (χ2v) is 4.36. The topological polar surface area (TPSA) is 34.1 Å². The Labute approximate surface area is 88.8 Å². The Morgan fingerprint density at radius 3 is 1.64 bits per heavy atom. The molecule has 0 aromatic carbocycles. The number of thiophene rings is 2. The Hall–Kier alpha value is -1.26. The van der Waals surface area contributed by atoms with Gasteiger partial charge < -0.3 is 0 Å². The summed E-state index contributed by atoms with van der Waals surface area (Å²) in [4.78, 5) is 22.7. The van der Waals surface area contributed by atoms with Crippen molar-refractivity contribution in [3.63, 3.8) is 0 Å². The first-order valence-electron chi connectivity index (χ1n) is 3.78. The second kappa shape index (κ2) is 3.86. The highest BCUT2D eigenvalue weighted by atomic mass is 32.1. The lowest BCUT2D eigenvalue weighted by Gasteiger charge is -1.93. The van der Waals surface area contributed by atoms with Gasteiger partial charge in [0.15, 0.2) is 0 Å². The summed E-state index contributed by atoms with van der Waals surface area (Å²) in [5, 5.41) is 3.62. The summed E-state index contributed by atoms with van der Waals surface area (Å²) < 4.78 is 0. The van der Waals surface area contributed by atoms with E-state index in [1.165, 1.54) is 22.7 Å². The van der Waals surface area contributed by atoms with Gasteiger partial charge in [-0.25, -0.2) is 0 Å². The number of rotatable bonds is 3. The quantitative estimate of drug-likeness (QED) is 0.796. The molecule has 0 aliphatic carbocycles. The normalized spacial score (nSPS) is 10.0. The molecule has 0 N–H and O–H groups in total. The van der Waals surface area contributed by atoms with Crippen LogP contribution in [0.4, 0.5) is 0 Å². The fourth-order valence-corrected chi connectivity index (χ4v) is 3.01. The largest absolute Gasteiger partial charge is 0.285 e. The van der Waals surface area contributed by atoms with Crippen molar-refractivity contribution >= 4 is 35.2 Å². The Kier molecular flexibility index (Phi) is 2.56. The number of carbonyl (C=O) groups excluding carboxylic acids is 2. The molecule has 2 radical (unpaired) electrons. The van der Waals surface area contributed by atoms with E-state index in [0.29, 0.717) is 11.1 Å². The van der Waals surface area contributed by atoms with E-state index in [-0.39, 0.29) is 0 Å². The van der Waals surface area contributed by atoms with Gasteiger partial charge in [-0.1, -0.05) is 0 Å². The van der Waals surface area contributed by atoms with Crippen LogP contribution in [0.3, 0.4) is 0 Å². The van der Waals surface area contributed by atoms with E-state index in [4.69, 9.17) is 0 Å². The molecule has 0 saturated carbocycles. The van der Waals surface area contributed by atoms with E-state index in [1.54, 1.807) is 12.1 Å². The molecule has 0 atom stereocenters. The SMILES string of the molecule is O=[C]c1ccsc1-c1sccc1[C]=O. The van der Waals surface area contributed by atoms with Gasteiger partial charge in [-0.3, -0.25) is 9.59 Å². The maximum absolute atomic E-state index is 10.6. The van der Waals surface area contributed by atoms with Crippen LogP contribution in [0.2, 0.25) is 0 Å². The van der Waals surface area contributed by atoms with E-state index in [1.807, 2.05) is 23.3 Å². The van der Waals surface area contributed by atoms with Crippen LogP contribution in [0.25, 0.3) is 9.75 Å². The summed E-state index contributed by atoms with van der Waals surface area (Å²) in [5.74, 6) is 0. The minimum Gasteiger partial charge on any atom is -0.285 e. The van der Waals surface area contributed by atoms with E-state index in [9.17, 15) is 9.59 Å². The van der Waals surface area contributed by atoms with Gasteiger partial charge >= 0.3 is 0 Å². The summed E-state index contributed by atoms with van der Waals surface area (Å²) in [6.45, 7) is 0.